The zero-order valence-electron chi connectivity index (χ0n) is 11.9. The largest absolute Gasteiger partial charge is 0.258 e. The molecule has 0 amide bonds. The highest BCUT2D eigenvalue weighted by Gasteiger charge is 2.26. The van der Waals surface area contributed by atoms with Crippen molar-refractivity contribution >= 4 is 29.8 Å². The van der Waals surface area contributed by atoms with Crippen molar-refractivity contribution in [3.8, 4) is 0 Å². The van der Waals surface area contributed by atoms with Crippen LogP contribution >= 0.6 is 11.2 Å². The van der Waals surface area contributed by atoms with Crippen LogP contribution < -0.4 is 0 Å². The van der Waals surface area contributed by atoms with Crippen molar-refractivity contribution in [2.75, 3.05) is 0 Å². The van der Waals surface area contributed by atoms with Crippen LogP contribution in [-0.2, 0) is 0 Å². The lowest BCUT2D eigenvalue weighted by atomic mass is 10.2. The van der Waals surface area contributed by atoms with Crippen LogP contribution in [0.5, 0.6) is 0 Å². The third-order valence-electron chi connectivity index (χ3n) is 3.06. The van der Waals surface area contributed by atoms with Gasteiger partial charge in [0.1, 0.15) is 7.22 Å². The minimum atomic E-state index is -0.990. The molecule has 0 heterocycles. The van der Waals surface area contributed by atoms with Gasteiger partial charge < -0.3 is 0 Å². The lowest BCUT2D eigenvalue weighted by molar-refractivity contribution is 0.911. The Bertz CT molecular complexity index is 431. The number of benzene rings is 1. The smallest absolute Gasteiger partial charge is 0.108 e. The maximum atomic E-state index is 4.80. The van der Waals surface area contributed by atoms with Crippen LogP contribution in [0.1, 0.15) is 24.8 Å². The Hall–Kier alpha value is -0.543. The molecule has 0 radical (unpaired) electrons. The average Bonchev–Trinajstić information content (AvgIpc) is 2.66. The maximum absolute atomic E-state index is 4.80. The summed E-state index contributed by atoms with van der Waals surface area (Å²) in [6.45, 7) is 9.43. The van der Waals surface area contributed by atoms with Gasteiger partial charge in [-0.3, -0.25) is 4.99 Å². The summed E-state index contributed by atoms with van der Waals surface area (Å²) in [7, 11) is -0.990. The number of nitrogens with zero attached hydrogens (tertiary/aromatic N) is 1. The first-order valence-electron chi connectivity index (χ1n) is 6.73. The van der Waals surface area contributed by atoms with Crippen LogP contribution in [0.25, 0.3) is 0 Å². The van der Waals surface area contributed by atoms with Crippen molar-refractivity contribution in [3.63, 3.8) is 0 Å². The maximum Gasteiger partial charge on any atom is 0.108 e. The number of rotatable bonds is 3. The zero-order chi connectivity index (χ0) is 13.2. The fourth-order valence-electron chi connectivity index (χ4n) is 2.30. The third kappa shape index (κ3) is 4.29. The van der Waals surface area contributed by atoms with Gasteiger partial charge in [-0.25, -0.2) is 0 Å². The minimum absolute atomic E-state index is 0.820. The Kier molecular flexibility index (Phi) is 4.33. The highest BCUT2D eigenvalue weighted by Crippen LogP contribution is 2.35. The molecule has 1 aromatic rings. The molecule has 2 rings (SSSR count). The Morgan fingerprint density at radius 3 is 2.44 bits per heavy atom. The van der Waals surface area contributed by atoms with Crippen LogP contribution in [0, 0.1) is 6.92 Å². The first-order chi connectivity index (χ1) is 8.42. The van der Waals surface area contributed by atoms with E-state index in [0.29, 0.717) is 0 Å². The molecule has 1 aliphatic rings. The van der Waals surface area contributed by atoms with Crippen molar-refractivity contribution in [3.05, 3.63) is 29.8 Å². The minimum Gasteiger partial charge on any atom is -0.258 e. The molecule has 0 bridgehead atoms. The lowest BCUT2D eigenvalue weighted by Gasteiger charge is -2.19. The van der Waals surface area contributed by atoms with E-state index in [0.717, 1.165) is 10.9 Å². The molecule has 1 aromatic carbocycles. The normalized spacial score (nSPS) is 22.7. The van der Waals surface area contributed by atoms with Crippen molar-refractivity contribution in [1.29, 1.82) is 0 Å². The number of aliphatic imine (C=N–C) groups is 1. The Labute approximate surface area is 116 Å². The van der Waals surface area contributed by atoms with Crippen LogP contribution in [0.2, 0.25) is 19.6 Å². The summed E-state index contributed by atoms with van der Waals surface area (Å²) in [6, 6.07) is 8.54. The van der Waals surface area contributed by atoms with Gasteiger partial charge in [0, 0.05) is 11.0 Å². The molecule has 1 fully saturated rings. The Morgan fingerprint density at radius 1 is 1.17 bits per heavy atom. The van der Waals surface area contributed by atoms with E-state index in [1.165, 1.54) is 30.5 Å². The first-order valence-corrected chi connectivity index (χ1v) is 11.8. The average molecular weight is 278 g/mol. The summed E-state index contributed by atoms with van der Waals surface area (Å²) in [5.74, 6) is 0. The fourth-order valence-corrected chi connectivity index (χ4v) is 7.41. The van der Waals surface area contributed by atoms with Crippen molar-refractivity contribution in [2.24, 2.45) is 4.99 Å². The van der Waals surface area contributed by atoms with Gasteiger partial charge in [0.2, 0.25) is 0 Å². The highest BCUT2D eigenvalue weighted by atomic mass is 32.4. The van der Waals surface area contributed by atoms with Crippen LogP contribution in [-0.4, -0.2) is 18.2 Å². The SMILES string of the molecule is Cc1ccc(N=C2CCC(S[Si](C)(C)C)C2)cc1. The van der Waals surface area contributed by atoms with Gasteiger partial charge in [0.15, 0.2) is 0 Å². The Morgan fingerprint density at radius 2 is 1.83 bits per heavy atom. The molecule has 98 valence electrons. The molecule has 0 N–H and O–H groups in total. The zero-order valence-corrected chi connectivity index (χ0v) is 13.7. The van der Waals surface area contributed by atoms with E-state index in [4.69, 9.17) is 4.99 Å². The predicted octanol–water partition coefficient (Wildman–Crippen LogP) is 5.19. The fraction of sp³-hybridized carbons (Fsp3) is 0.533. The van der Waals surface area contributed by atoms with Gasteiger partial charge in [-0.2, -0.15) is 11.2 Å². The summed E-state index contributed by atoms with van der Waals surface area (Å²) in [5.41, 5.74) is 3.82. The molecule has 0 aliphatic heterocycles. The van der Waals surface area contributed by atoms with Crippen LogP contribution in [0.4, 0.5) is 5.69 Å². The van der Waals surface area contributed by atoms with Gasteiger partial charge in [0.25, 0.3) is 0 Å². The molecule has 1 unspecified atom stereocenters. The number of aryl methyl sites for hydroxylation is 1. The molecular weight excluding hydrogens is 254 g/mol. The van der Waals surface area contributed by atoms with Gasteiger partial charge in [0.05, 0.1) is 5.69 Å². The molecule has 0 saturated heterocycles. The van der Waals surface area contributed by atoms with Crippen molar-refractivity contribution < 1.29 is 0 Å². The van der Waals surface area contributed by atoms with E-state index in [1.54, 1.807) is 0 Å². The summed E-state index contributed by atoms with van der Waals surface area (Å²) in [6.07, 6.45) is 3.71. The molecule has 1 nitrogen and oxygen atoms in total. The molecule has 0 aromatic heterocycles. The van der Waals surface area contributed by atoms with E-state index in [9.17, 15) is 0 Å². The molecular formula is C15H23NSSi. The molecule has 1 saturated carbocycles. The van der Waals surface area contributed by atoms with E-state index in [1.807, 2.05) is 0 Å². The summed E-state index contributed by atoms with van der Waals surface area (Å²) < 4.78 is 0. The lowest BCUT2D eigenvalue weighted by Crippen LogP contribution is -2.18. The second kappa shape index (κ2) is 5.62. The molecule has 0 spiro atoms. The number of hydrogen-bond donors (Lipinski definition) is 0. The van der Waals surface area contributed by atoms with Gasteiger partial charge in [-0.15, -0.1) is 0 Å². The Balaban J connectivity index is 1.98. The number of hydrogen-bond acceptors (Lipinski definition) is 2. The molecule has 1 atom stereocenters. The van der Waals surface area contributed by atoms with Gasteiger partial charge >= 0.3 is 0 Å². The summed E-state index contributed by atoms with van der Waals surface area (Å²) >= 11 is 2.24. The van der Waals surface area contributed by atoms with Gasteiger partial charge in [-0.1, -0.05) is 37.3 Å². The van der Waals surface area contributed by atoms with E-state index in [2.05, 4.69) is 62.0 Å². The predicted molar refractivity (Wildman–Crippen MR) is 86.9 cm³/mol. The molecule has 3 heteroatoms. The van der Waals surface area contributed by atoms with E-state index in [-0.39, 0.29) is 0 Å². The van der Waals surface area contributed by atoms with Crippen molar-refractivity contribution in [1.82, 2.24) is 0 Å². The monoisotopic (exact) mass is 277 g/mol. The standard InChI is InChI=1S/C15H23NSSi/c1-12-5-7-13(8-6-12)16-14-9-10-15(11-14)17-18(2,3)4/h5-8,15H,9-11H2,1-4H3. The van der Waals surface area contributed by atoms with Crippen LogP contribution in [0.15, 0.2) is 29.3 Å². The highest BCUT2D eigenvalue weighted by molar-refractivity contribution is 8.29. The molecule has 18 heavy (non-hydrogen) atoms. The molecule has 1 aliphatic carbocycles. The second-order valence-corrected chi connectivity index (χ2v) is 15.6. The van der Waals surface area contributed by atoms with Crippen LogP contribution in [0.3, 0.4) is 0 Å². The topological polar surface area (TPSA) is 12.4 Å². The summed E-state index contributed by atoms with van der Waals surface area (Å²) in [4.78, 5) is 4.80. The van der Waals surface area contributed by atoms with E-state index < -0.39 is 7.22 Å². The third-order valence-corrected chi connectivity index (χ3v) is 7.62. The van der Waals surface area contributed by atoms with E-state index >= 15 is 0 Å². The van der Waals surface area contributed by atoms with Gasteiger partial charge in [-0.05, 0) is 38.3 Å². The second-order valence-electron chi connectivity index (χ2n) is 6.11. The first kappa shape index (κ1) is 13.9. The van der Waals surface area contributed by atoms with Crippen molar-refractivity contribution in [2.45, 2.75) is 51.1 Å². The quantitative estimate of drug-likeness (QED) is 0.693. The summed E-state index contributed by atoms with van der Waals surface area (Å²) in [5, 5.41) is 0.820.